The Kier molecular flexibility index (Phi) is 3.62. The van der Waals surface area contributed by atoms with Crippen LogP contribution < -0.4 is 5.32 Å². The van der Waals surface area contributed by atoms with Crippen molar-refractivity contribution in [3.63, 3.8) is 0 Å². The van der Waals surface area contributed by atoms with E-state index in [4.69, 9.17) is 11.6 Å². The van der Waals surface area contributed by atoms with Crippen LogP contribution in [0.15, 0.2) is 24.3 Å². The summed E-state index contributed by atoms with van der Waals surface area (Å²) >= 11 is 5.81. The largest absolute Gasteiger partial charge is 0.394 e. The minimum Gasteiger partial charge on any atom is -0.394 e. The molecule has 82 valence electrons. The fourth-order valence-electron chi connectivity index (χ4n) is 1.61. The van der Waals surface area contributed by atoms with Crippen molar-refractivity contribution in [2.45, 2.75) is 18.9 Å². The van der Waals surface area contributed by atoms with Gasteiger partial charge in [-0.15, -0.1) is 0 Å². The highest BCUT2D eigenvalue weighted by Crippen LogP contribution is 2.28. The van der Waals surface area contributed by atoms with Gasteiger partial charge in [0.05, 0.1) is 12.6 Å². The number of hydrogen-bond donors (Lipinski definition) is 2. The molecule has 1 aliphatic carbocycles. The molecule has 0 bridgehead atoms. The second-order valence-corrected chi connectivity index (χ2v) is 4.57. The molecule has 0 radical (unpaired) electrons. The summed E-state index contributed by atoms with van der Waals surface area (Å²) in [6.07, 6.45) is 2.65. The zero-order chi connectivity index (χ0) is 10.7. The second-order valence-electron chi connectivity index (χ2n) is 4.14. The summed E-state index contributed by atoms with van der Waals surface area (Å²) in [5, 5.41) is 13.4. The predicted octanol–water partition coefficient (Wildman–Crippen LogP) is 2.37. The Bertz CT molecular complexity index is 308. The summed E-state index contributed by atoms with van der Waals surface area (Å²) in [7, 11) is 0. The third-order valence-corrected chi connectivity index (χ3v) is 3.06. The van der Waals surface area contributed by atoms with Gasteiger partial charge in [-0.1, -0.05) is 23.7 Å². The third-order valence-electron chi connectivity index (χ3n) is 2.80. The van der Waals surface area contributed by atoms with Crippen molar-refractivity contribution in [2.24, 2.45) is 5.92 Å². The van der Waals surface area contributed by atoms with E-state index in [0.717, 1.165) is 23.0 Å². The molecule has 1 aliphatic rings. The van der Waals surface area contributed by atoms with E-state index in [1.807, 2.05) is 24.3 Å². The average molecular weight is 226 g/mol. The fraction of sp³-hybridized carbons (Fsp3) is 0.500. The zero-order valence-electron chi connectivity index (χ0n) is 8.62. The SMILES string of the molecule is OCC(NCC1CC1)c1ccc(Cl)cc1. The summed E-state index contributed by atoms with van der Waals surface area (Å²) in [5.41, 5.74) is 1.10. The highest BCUT2D eigenvalue weighted by Gasteiger charge is 2.22. The molecule has 2 N–H and O–H groups in total. The first-order chi connectivity index (χ1) is 7.29. The van der Waals surface area contributed by atoms with Crippen LogP contribution in [0.1, 0.15) is 24.4 Å². The standard InChI is InChI=1S/C12H16ClNO/c13-11-5-3-10(4-6-11)12(8-15)14-7-9-1-2-9/h3-6,9,12,14-15H,1-2,7-8H2. The molecule has 0 saturated heterocycles. The van der Waals surface area contributed by atoms with Crippen LogP contribution in [0.5, 0.6) is 0 Å². The maximum absolute atomic E-state index is 9.29. The van der Waals surface area contributed by atoms with Gasteiger partial charge in [0.2, 0.25) is 0 Å². The molecule has 15 heavy (non-hydrogen) atoms. The first-order valence-corrected chi connectivity index (χ1v) is 5.77. The maximum atomic E-state index is 9.29. The Balaban J connectivity index is 1.94. The van der Waals surface area contributed by atoms with E-state index in [-0.39, 0.29) is 12.6 Å². The minimum absolute atomic E-state index is 0.0443. The monoisotopic (exact) mass is 225 g/mol. The van der Waals surface area contributed by atoms with E-state index in [1.165, 1.54) is 12.8 Å². The molecule has 2 nitrogen and oxygen atoms in total. The van der Waals surface area contributed by atoms with Crippen molar-refractivity contribution in [2.75, 3.05) is 13.2 Å². The molecule has 0 amide bonds. The summed E-state index contributed by atoms with van der Waals surface area (Å²) < 4.78 is 0. The number of aliphatic hydroxyl groups excluding tert-OH is 1. The number of benzene rings is 1. The minimum atomic E-state index is 0.0443. The normalized spacial score (nSPS) is 17.7. The Hall–Kier alpha value is -0.570. The number of hydrogen-bond acceptors (Lipinski definition) is 2. The van der Waals surface area contributed by atoms with Crippen molar-refractivity contribution >= 4 is 11.6 Å². The van der Waals surface area contributed by atoms with E-state index in [2.05, 4.69) is 5.32 Å². The number of aliphatic hydroxyl groups is 1. The van der Waals surface area contributed by atoms with Gasteiger partial charge in [-0.3, -0.25) is 0 Å². The highest BCUT2D eigenvalue weighted by atomic mass is 35.5. The zero-order valence-corrected chi connectivity index (χ0v) is 9.37. The Morgan fingerprint density at radius 1 is 1.33 bits per heavy atom. The maximum Gasteiger partial charge on any atom is 0.0626 e. The quantitative estimate of drug-likeness (QED) is 0.807. The molecule has 1 atom stereocenters. The molecule has 1 unspecified atom stereocenters. The van der Waals surface area contributed by atoms with Crippen LogP contribution in [-0.4, -0.2) is 18.3 Å². The van der Waals surface area contributed by atoms with Gasteiger partial charge in [0.25, 0.3) is 0 Å². The summed E-state index contributed by atoms with van der Waals surface area (Å²) in [6.45, 7) is 1.14. The molecule has 1 saturated carbocycles. The van der Waals surface area contributed by atoms with Crippen LogP contribution in [0.4, 0.5) is 0 Å². The van der Waals surface area contributed by atoms with Crippen LogP contribution >= 0.6 is 11.6 Å². The van der Waals surface area contributed by atoms with E-state index >= 15 is 0 Å². The Morgan fingerprint density at radius 3 is 2.53 bits per heavy atom. The lowest BCUT2D eigenvalue weighted by Gasteiger charge is -2.16. The van der Waals surface area contributed by atoms with Crippen molar-refractivity contribution < 1.29 is 5.11 Å². The second kappa shape index (κ2) is 4.97. The summed E-state index contributed by atoms with van der Waals surface area (Å²) in [6, 6.07) is 7.69. The van der Waals surface area contributed by atoms with Gasteiger partial charge >= 0.3 is 0 Å². The molecule has 0 aliphatic heterocycles. The highest BCUT2D eigenvalue weighted by molar-refractivity contribution is 6.30. The smallest absolute Gasteiger partial charge is 0.0626 e. The number of rotatable bonds is 5. The molecule has 1 aromatic rings. The van der Waals surface area contributed by atoms with Gasteiger partial charge in [-0.05, 0) is 43.0 Å². The molecule has 0 aromatic heterocycles. The third kappa shape index (κ3) is 3.20. The predicted molar refractivity (Wildman–Crippen MR) is 62.0 cm³/mol. The number of nitrogens with one attached hydrogen (secondary N) is 1. The molecular formula is C12H16ClNO. The van der Waals surface area contributed by atoms with Gasteiger partial charge in [0.1, 0.15) is 0 Å². The lowest BCUT2D eigenvalue weighted by molar-refractivity contribution is 0.243. The lowest BCUT2D eigenvalue weighted by atomic mass is 10.1. The van der Waals surface area contributed by atoms with Crippen LogP contribution in [0.3, 0.4) is 0 Å². The molecule has 1 fully saturated rings. The van der Waals surface area contributed by atoms with Crippen molar-refractivity contribution in [1.82, 2.24) is 5.32 Å². The molecule has 0 spiro atoms. The molecule has 2 rings (SSSR count). The van der Waals surface area contributed by atoms with Gasteiger partial charge < -0.3 is 10.4 Å². The van der Waals surface area contributed by atoms with Gasteiger partial charge in [-0.25, -0.2) is 0 Å². The van der Waals surface area contributed by atoms with E-state index in [0.29, 0.717) is 0 Å². The first kappa shape index (κ1) is 10.9. The van der Waals surface area contributed by atoms with Gasteiger partial charge in [0.15, 0.2) is 0 Å². The van der Waals surface area contributed by atoms with Crippen LogP contribution in [0.25, 0.3) is 0 Å². The molecule has 0 heterocycles. The van der Waals surface area contributed by atoms with E-state index in [9.17, 15) is 5.11 Å². The van der Waals surface area contributed by atoms with Gasteiger partial charge in [0, 0.05) is 5.02 Å². The van der Waals surface area contributed by atoms with Crippen LogP contribution in [0.2, 0.25) is 5.02 Å². The molecule has 1 aromatic carbocycles. The van der Waals surface area contributed by atoms with Crippen LogP contribution in [-0.2, 0) is 0 Å². The van der Waals surface area contributed by atoms with Crippen molar-refractivity contribution in [3.05, 3.63) is 34.9 Å². The average Bonchev–Trinajstić information content (AvgIpc) is 3.05. The Labute approximate surface area is 95.3 Å². The lowest BCUT2D eigenvalue weighted by Crippen LogP contribution is -2.26. The first-order valence-electron chi connectivity index (χ1n) is 5.39. The van der Waals surface area contributed by atoms with Crippen molar-refractivity contribution in [1.29, 1.82) is 0 Å². The fourth-order valence-corrected chi connectivity index (χ4v) is 1.74. The molecule has 3 heteroatoms. The molecular weight excluding hydrogens is 210 g/mol. The van der Waals surface area contributed by atoms with E-state index in [1.54, 1.807) is 0 Å². The summed E-state index contributed by atoms with van der Waals surface area (Å²) in [4.78, 5) is 0. The van der Waals surface area contributed by atoms with E-state index < -0.39 is 0 Å². The topological polar surface area (TPSA) is 32.3 Å². The van der Waals surface area contributed by atoms with Crippen molar-refractivity contribution in [3.8, 4) is 0 Å². The van der Waals surface area contributed by atoms with Crippen LogP contribution in [0, 0.1) is 5.92 Å². The van der Waals surface area contributed by atoms with Gasteiger partial charge in [-0.2, -0.15) is 0 Å². The Morgan fingerprint density at radius 2 is 2.00 bits per heavy atom. The summed E-state index contributed by atoms with van der Waals surface area (Å²) in [5.74, 6) is 0.825. The number of halogens is 1.